The van der Waals surface area contributed by atoms with Crippen molar-refractivity contribution >= 4 is 47.1 Å². The summed E-state index contributed by atoms with van der Waals surface area (Å²) in [5, 5.41) is 2.93. The summed E-state index contributed by atoms with van der Waals surface area (Å²) in [5.74, 6) is 0. The van der Waals surface area contributed by atoms with Gasteiger partial charge in [0.2, 0.25) is 0 Å². The Hall–Kier alpha value is 0.539. The van der Waals surface area contributed by atoms with Gasteiger partial charge in [-0.3, -0.25) is 0 Å². The average Bonchev–Trinajstić information content (AvgIpc) is 2.52. The minimum atomic E-state index is -2.27. The van der Waals surface area contributed by atoms with Crippen molar-refractivity contribution in [2.45, 2.75) is 99.0 Å². The molecule has 0 saturated carbocycles. The van der Waals surface area contributed by atoms with E-state index in [1.807, 2.05) is 20.8 Å². The van der Waals surface area contributed by atoms with E-state index in [9.17, 15) is 4.79 Å². The standard InChI is InChI=1S/C8H13INO2.3C4H9.Sn/c1-6(9)5-10-7(11)12-8(2,3)4;3*1-3-4-2;/h1H,5H2,2-4H3,(H,10,11);3*1,3-4H2,2H3;. The summed E-state index contributed by atoms with van der Waals surface area (Å²) in [4.78, 5) is 11.9. The average molecular weight is 572 g/mol. The normalized spacial score (nSPS) is 13.0. The summed E-state index contributed by atoms with van der Waals surface area (Å²) in [5.41, 5.74) is -0.439. The first kappa shape index (κ1) is 25.5. The van der Waals surface area contributed by atoms with Crippen molar-refractivity contribution in [3.05, 3.63) is 7.67 Å². The summed E-state index contributed by atoms with van der Waals surface area (Å²) >= 11 is 0.170. The summed E-state index contributed by atoms with van der Waals surface area (Å²) in [7, 11) is 0. The zero-order valence-electron chi connectivity index (χ0n) is 17.3. The van der Waals surface area contributed by atoms with Gasteiger partial charge < -0.3 is 0 Å². The summed E-state index contributed by atoms with van der Waals surface area (Å²) in [6.07, 6.45) is 7.65. The number of alkyl carbamates (subject to hydrolysis) is 1. The molecule has 0 fully saturated rings. The van der Waals surface area contributed by atoms with Gasteiger partial charge in [0.1, 0.15) is 0 Å². The summed E-state index contributed by atoms with van der Waals surface area (Å²) in [6.45, 7) is 13.2. The van der Waals surface area contributed by atoms with Crippen molar-refractivity contribution in [1.29, 1.82) is 0 Å². The Labute approximate surface area is 174 Å². The number of hydrogen-bond donors (Lipinski definition) is 1. The Morgan fingerprint density at radius 3 is 1.80 bits per heavy atom. The van der Waals surface area contributed by atoms with E-state index in [4.69, 9.17) is 4.74 Å². The number of hydrogen-bond acceptors (Lipinski definition) is 2. The fraction of sp³-hybridized carbons (Fsp3) is 0.850. The van der Waals surface area contributed by atoms with Crippen LogP contribution in [0.15, 0.2) is 7.67 Å². The Bertz CT molecular complexity index is 383. The van der Waals surface area contributed by atoms with Crippen molar-refractivity contribution in [2.24, 2.45) is 0 Å². The first-order chi connectivity index (χ1) is 11.7. The number of unbranched alkanes of at least 4 members (excludes halogenated alkanes) is 3. The molecule has 0 aliphatic carbocycles. The van der Waals surface area contributed by atoms with Crippen LogP contribution in [0.5, 0.6) is 0 Å². The molecular formula is C20H40INO2Sn. The molecule has 148 valence electrons. The molecule has 0 heterocycles. The van der Waals surface area contributed by atoms with Crippen LogP contribution in [-0.4, -0.2) is 36.6 Å². The van der Waals surface area contributed by atoms with E-state index in [1.54, 1.807) is 0 Å². The second kappa shape index (κ2) is 13.7. The molecule has 0 aromatic rings. The van der Waals surface area contributed by atoms with E-state index < -0.39 is 24.0 Å². The van der Waals surface area contributed by atoms with Crippen molar-refractivity contribution < 1.29 is 9.53 Å². The SMILES string of the molecule is CCC[CH2][Sn](/[CH]=C(\I)CNC(=O)OC(C)(C)C)([CH2]CCC)[CH2]CCC. The molecule has 0 rings (SSSR count). The van der Waals surface area contributed by atoms with Crippen LogP contribution in [0.25, 0.3) is 0 Å². The molecule has 0 radical (unpaired) electrons. The first-order valence-electron chi connectivity index (χ1n) is 10.0. The van der Waals surface area contributed by atoms with Gasteiger partial charge in [-0.2, -0.15) is 0 Å². The number of carbonyl (C=O) groups is 1. The quantitative estimate of drug-likeness (QED) is 0.198. The van der Waals surface area contributed by atoms with Crippen LogP contribution in [0.1, 0.15) is 80.1 Å². The van der Waals surface area contributed by atoms with Gasteiger partial charge in [0, 0.05) is 0 Å². The number of nitrogens with one attached hydrogen (secondary N) is 1. The monoisotopic (exact) mass is 573 g/mol. The topological polar surface area (TPSA) is 38.3 Å². The Balaban J connectivity index is 5.00. The van der Waals surface area contributed by atoms with E-state index in [0.717, 1.165) is 0 Å². The molecule has 0 aromatic carbocycles. The summed E-state index contributed by atoms with van der Waals surface area (Å²) in [6, 6.07) is 0. The molecule has 0 aromatic heterocycles. The number of rotatable bonds is 12. The molecule has 1 amide bonds. The van der Waals surface area contributed by atoms with E-state index in [1.165, 1.54) is 55.4 Å². The van der Waals surface area contributed by atoms with Crippen LogP contribution < -0.4 is 5.32 Å². The molecule has 0 saturated heterocycles. The van der Waals surface area contributed by atoms with Gasteiger partial charge in [0.05, 0.1) is 0 Å². The number of carbonyl (C=O) groups excluding carboxylic acids is 1. The zero-order chi connectivity index (χ0) is 19.3. The number of halogens is 1. The zero-order valence-corrected chi connectivity index (χ0v) is 22.4. The third-order valence-electron chi connectivity index (χ3n) is 4.35. The Kier molecular flexibility index (Phi) is 14.0. The van der Waals surface area contributed by atoms with Gasteiger partial charge in [-0.15, -0.1) is 0 Å². The number of ether oxygens (including phenoxy) is 1. The van der Waals surface area contributed by atoms with Crippen LogP contribution in [0, 0.1) is 0 Å². The number of amides is 1. The molecule has 3 nitrogen and oxygen atoms in total. The van der Waals surface area contributed by atoms with Crippen molar-refractivity contribution in [1.82, 2.24) is 5.32 Å². The predicted octanol–water partition coefficient (Wildman–Crippen LogP) is 7.22. The third-order valence-corrected chi connectivity index (χ3v) is 21.0. The maximum absolute atomic E-state index is 11.9. The van der Waals surface area contributed by atoms with Gasteiger partial charge in [0.15, 0.2) is 0 Å². The molecule has 5 heteroatoms. The molecule has 0 spiro atoms. The minimum absolute atomic E-state index is 0.313. The fourth-order valence-corrected chi connectivity index (χ4v) is 22.3. The van der Waals surface area contributed by atoms with Crippen LogP contribution in [0.3, 0.4) is 0 Å². The van der Waals surface area contributed by atoms with E-state index >= 15 is 0 Å². The van der Waals surface area contributed by atoms with Crippen LogP contribution >= 0.6 is 22.6 Å². The predicted molar refractivity (Wildman–Crippen MR) is 121 cm³/mol. The molecule has 0 unspecified atom stereocenters. The van der Waals surface area contributed by atoms with Gasteiger partial charge in [-0.05, 0) is 0 Å². The first-order valence-corrected chi connectivity index (χ1v) is 18.8. The second-order valence-corrected chi connectivity index (χ2v) is 22.4. The van der Waals surface area contributed by atoms with Crippen molar-refractivity contribution in [3.63, 3.8) is 0 Å². The molecule has 0 aliphatic rings. The van der Waals surface area contributed by atoms with Crippen LogP contribution in [0.4, 0.5) is 4.79 Å². The molecule has 1 N–H and O–H groups in total. The fourth-order valence-electron chi connectivity index (χ4n) is 3.03. The van der Waals surface area contributed by atoms with Crippen molar-refractivity contribution in [3.8, 4) is 0 Å². The van der Waals surface area contributed by atoms with Gasteiger partial charge in [-0.1, -0.05) is 0 Å². The van der Waals surface area contributed by atoms with Gasteiger partial charge in [0.25, 0.3) is 0 Å². The van der Waals surface area contributed by atoms with Crippen molar-refractivity contribution in [2.75, 3.05) is 6.54 Å². The van der Waals surface area contributed by atoms with E-state index in [-0.39, 0.29) is 6.09 Å². The Morgan fingerprint density at radius 2 is 1.44 bits per heavy atom. The summed E-state index contributed by atoms with van der Waals surface area (Å²) < 4.78 is 13.7. The third kappa shape index (κ3) is 13.4. The second-order valence-electron chi connectivity index (χ2n) is 8.12. The van der Waals surface area contributed by atoms with Crippen LogP contribution in [0.2, 0.25) is 13.3 Å². The van der Waals surface area contributed by atoms with E-state index in [2.05, 4.69) is 52.8 Å². The maximum atomic E-state index is 11.9. The molecule has 25 heavy (non-hydrogen) atoms. The molecule has 0 atom stereocenters. The molecule has 0 aliphatic heterocycles. The molecule has 0 bridgehead atoms. The molecular weight excluding hydrogens is 532 g/mol. The van der Waals surface area contributed by atoms with Gasteiger partial charge >= 0.3 is 175 Å². The van der Waals surface area contributed by atoms with Crippen LogP contribution in [-0.2, 0) is 4.74 Å². The van der Waals surface area contributed by atoms with E-state index in [0.29, 0.717) is 6.54 Å². The Morgan fingerprint density at radius 1 is 1.00 bits per heavy atom. The van der Waals surface area contributed by atoms with Gasteiger partial charge in [-0.25, -0.2) is 0 Å².